The summed E-state index contributed by atoms with van der Waals surface area (Å²) >= 11 is 7.10. The number of thioether (sulfide) groups is 1. The summed E-state index contributed by atoms with van der Waals surface area (Å²) in [4.78, 5) is 46.3. The van der Waals surface area contributed by atoms with Crippen LogP contribution in [0.5, 0.6) is 0 Å². The van der Waals surface area contributed by atoms with Crippen LogP contribution in [0, 0.1) is 0 Å². The molecule has 0 aromatic carbocycles. The first-order valence-corrected chi connectivity index (χ1v) is 7.83. The Kier molecular flexibility index (Phi) is 4.97. The number of β-lactam (4-membered cyclic amide) rings is 1. The van der Waals surface area contributed by atoms with Gasteiger partial charge in [-0.1, -0.05) is 11.6 Å². The fourth-order valence-electron chi connectivity index (χ4n) is 2.23. The number of carbonyl (C=O) groups excluding carboxylic acids is 2. The Hall–Kier alpha value is -1.74. The van der Waals surface area contributed by atoms with Gasteiger partial charge in [-0.3, -0.25) is 19.3 Å². The van der Waals surface area contributed by atoms with Gasteiger partial charge >= 0.3 is 11.9 Å². The van der Waals surface area contributed by atoms with Gasteiger partial charge in [-0.05, 0) is 6.42 Å². The summed E-state index contributed by atoms with van der Waals surface area (Å²) in [6, 6.07) is -0.804. The van der Waals surface area contributed by atoms with Crippen LogP contribution >= 0.6 is 23.4 Å². The summed E-state index contributed by atoms with van der Waals surface area (Å²) in [5.74, 6) is -2.98. The molecule has 2 rings (SSSR count). The Morgan fingerprint density at radius 1 is 1.32 bits per heavy atom. The minimum atomic E-state index is -1.28. The van der Waals surface area contributed by atoms with Crippen molar-refractivity contribution < 1.29 is 29.4 Å². The van der Waals surface area contributed by atoms with Crippen LogP contribution in [0.25, 0.3) is 0 Å². The number of aliphatic carboxylic acids is 2. The molecule has 0 aromatic rings. The Labute approximate surface area is 134 Å². The van der Waals surface area contributed by atoms with E-state index in [1.54, 1.807) is 0 Å². The van der Waals surface area contributed by atoms with Gasteiger partial charge in [0, 0.05) is 18.6 Å². The predicted molar refractivity (Wildman–Crippen MR) is 77.0 cm³/mol. The second kappa shape index (κ2) is 6.57. The summed E-state index contributed by atoms with van der Waals surface area (Å²) in [5.41, 5.74) is -0.244. The van der Waals surface area contributed by atoms with E-state index in [1.807, 2.05) is 0 Å². The average molecular weight is 349 g/mol. The smallest absolute Gasteiger partial charge is 0.353 e. The Balaban J connectivity index is 1.94. The summed E-state index contributed by atoms with van der Waals surface area (Å²) in [5, 5.41) is 19.7. The van der Waals surface area contributed by atoms with E-state index in [0.717, 1.165) is 4.90 Å². The highest BCUT2D eigenvalue weighted by atomic mass is 35.5. The molecule has 8 nitrogen and oxygen atoms in total. The SMILES string of the molecule is O=C(O)CCCC(=O)N[C@@H]1C(=O)N2C(C(=O)O)=C(Cl)CS[C@H]12. The largest absolute Gasteiger partial charge is 0.481 e. The number of hydrogen-bond donors (Lipinski definition) is 3. The number of fused-ring (bicyclic) bond motifs is 1. The van der Waals surface area contributed by atoms with Crippen molar-refractivity contribution in [2.24, 2.45) is 0 Å². The summed E-state index contributed by atoms with van der Waals surface area (Å²) < 4.78 is 0. The third-order valence-corrected chi connectivity index (χ3v) is 4.99. The molecule has 2 heterocycles. The molecule has 0 bridgehead atoms. The number of carbonyl (C=O) groups is 4. The van der Waals surface area contributed by atoms with Crippen molar-refractivity contribution in [2.75, 3.05) is 5.75 Å². The zero-order chi connectivity index (χ0) is 16.4. The molecular formula is C12H13ClN2O6S. The predicted octanol–water partition coefficient (Wildman–Crippen LogP) is 0.176. The molecule has 120 valence electrons. The van der Waals surface area contributed by atoms with E-state index in [9.17, 15) is 19.2 Å². The normalized spacial score (nSPS) is 23.7. The van der Waals surface area contributed by atoms with Crippen LogP contribution < -0.4 is 5.32 Å². The van der Waals surface area contributed by atoms with Crippen LogP contribution in [0.1, 0.15) is 19.3 Å². The van der Waals surface area contributed by atoms with E-state index in [-0.39, 0.29) is 35.7 Å². The molecule has 0 saturated carbocycles. The van der Waals surface area contributed by atoms with E-state index < -0.39 is 35.2 Å². The number of nitrogens with one attached hydrogen (secondary N) is 1. The number of amides is 2. The maximum absolute atomic E-state index is 12.0. The maximum atomic E-state index is 12.0. The van der Waals surface area contributed by atoms with Crippen LogP contribution in [0.2, 0.25) is 0 Å². The van der Waals surface area contributed by atoms with Crippen LogP contribution in [-0.4, -0.2) is 56.0 Å². The molecule has 2 aliphatic rings. The average Bonchev–Trinajstić information content (AvgIpc) is 2.43. The number of rotatable bonds is 6. The highest BCUT2D eigenvalue weighted by molar-refractivity contribution is 8.00. The second-order valence-corrected chi connectivity index (χ2v) is 6.32. The van der Waals surface area contributed by atoms with Gasteiger partial charge in [0.25, 0.3) is 5.91 Å². The molecule has 2 aliphatic heterocycles. The number of carboxylic acid groups (broad SMARTS) is 2. The zero-order valence-electron chi connectivity index (χ0n) is 11.2. The molecule has 0 unspecified atom stereocenters. The van der Waals surface area contributed by atoms with E-state index in [4.69, 9.17) is 21.8 Å². The van der Waals surface area contributed by atoms with Crippen molar-refractivity contribution in [3.8, 4) is 0 Å². The van der Waals surface area contributed by atoms with Crippen LogP contribution in [-0.2, 0) is 19.2 Å². The molecule has 0 spiro atoms. The molecular weight excluding hydrogens is 336 g/mol. The summed E-state index contributed by atoms with van der Waals surface area (Å²) in [6.45, 7) is 0. The third kappa shape index (κ3) is 3.20. The molecule has 22 heavy (non-hydrogen) atoms. The first-order chi connectivity index (χ1) is 10.3. The molecule has 2 amide bonds. The van der Waals surface area contributed by atoms with Crippen LogP contribution in [0.4, 0.5) is 0 Å². The third-order valence-electron chi connectivity index (χ3n) is 3.24. The summed E-state index contributed by atoms with van der Waals surface area (Å²) in [7, 11) is 0. The maximum Gasteiger partial charge on any atom is 0.353 e. The monoisotopic (exact) mass is 348 g/mol. The fraction of sp³-hybridized carbons (Fsp3) is 0.500. The van der Waals surface area contributed by atoms with Crippen molar-refractivity contribution in [3.05, 3.63) is 10.7 Å². The lowest BCUT2D eigenvalue weighted by atomic mass is 10.0. The van der Waals surface area contributed by atoms with E-state index in [1.165, 1.54) is 11.8 Å². The molecule has 3 N–H and O–H groups in total. The number of halogens is 1. The molecule has 10 heteroatoms. The lowest BCUT2D eigenvalue weighted by Crippen LogP contribution is -2.70. The van der Waals surface area contributed by atoms with Crippen LogP contribution in [0.15, 0.2) is 10.7 Å². The van der Waals surface area contributed by atoms with Gasteiger partial charge in [0.15, 0.2) is 0 Å². The Bertz CT molecular complexity index is 578. The van der Waals surface area contributed by atoms with Crippen molar-refractivity contribution in [3.63, 3.8) is 0 Å². The quantitative estimate of drug-likeness (QED) is 0.585. The van der Waals surface area contributed by atoms with Crippen molar-refractivity contribution >= 4 is 47.1 Å². The van der Waals surface area contributed by atoms with Gasteiger partial charge < -0.3 is 15.5 Å². The Morgan fingerprint density at radius 2 is 2.00 bits per heavy atom. The number of carboxylic acids is 2. The molecule has 1 fully saturated rings. The van der Waals surface area contributed by atoms with Gasteiger partial charge in [0.2, 0.25) is 5.91 Å². The van der Waals surface area contributed by atoms with Crippen LogP contribution in [0.3, 0.4) is 0 Å². The summed E-state index contributed by atoms with van der Waals surface area (Å²) in [6.07, 6.45) is 0.0450. The molecule has 0 aliphatic carbocycles. The minimum absolute atomic E-state index is 0.00412. The van der Waals surface area contributed by atoms with E-state index in [0.29, 0.717) is 0 Å². The van der Waals surface area contributed by atoms with Gasteiger partial charge in [-0.2, -0.15) is 0 Å². The van der Waals surface area contributed by atoms with Gasteiger partial charge in [-0.15, -0.1) is 11.8 Å². The van der Waals surface area contributed by atoms with Crippen molar-refractivity contribution in [1.82, 2.24) is 10.2 Å². The van der Waals surface area contributed by atoms with Gasteiger partial charge in [0.1, 0.15) is 17.1 Å². The Morgan fingerprint density at radius 3 is 2.59 bits per heavy atom. The highest BCUT2D eigenvalue weighted by Crippen LogP contribution is 2.41. The topological polar surface area (TPSA) is 124 Å². The lowest BCUT2D eigenvalue weighted by Gasteiger charge is -2.48. The standard InChI is InChI=1S/C12H13ClN2O6S/c13-5-4-22-11-8(10(19)15(11)9(5)12(20)21)14-6(16)2-1-3-7(17)18/h8,11H,1-4H2,(H,14,16)(H,17,18)(H,20,21)/t8-,11-/m1/s1. The first-order valence-electron chi connectivity index (χ1n) is 6.40. The minimum Gasteiger partial charge on any atom is -0.481 e. The fourth-order valence-corrected chi connectivity index (χ4v) is 3.78. The second-order valence-electron chi connectivity index (χ2n) is 4.76. The molecule has 0 aromatic heterocycles. The van der Waals surface area contributed by atoms with Gasteiger partial charge in [0.05, 0.1) is 5.03 Å². The first kappa shape index (κ1) is 16.6. The van der Waals surface area contributed by atoms with Crippen molar-refractivity contribution in [1.29, 1.82) is 0 Å². The number of nitrogens with zero attached hydrogens (tertiary/aromatic N) is 1. The van der Waals surface area contributed by atoms with E-state index in [2.05, 4.69) is 5.32 Å². The van der Waals surface area contributed by atoms with E-state index >= 15 is 0 Å². The highest BCUT2D eigenvalue weighted by Gasteiger charge is 2.54. The molecule has 2 atom stereocenters. The number of hydrogen-bond acceptors (Lipinski definition) is 5. The van der Waals surface area contributed by atoms with Gasteiger partial charge in [-0.25, -0.2) is 4.79 Å². The van der Waals surface area contributed by atoms with Crippen molar-refractivity contribution in [2.45, 2.75) is 30.7 Å². The lowest BCUT2D eigenvalue weighted by molar-refractivity contribution is -0.150. The molecule has 0 radical (unpaired) electrons. The zero-order valence-corrected chi connectivity index (χ0v) is 12.8. The molecule has 1 saturated heterocycles.